The number of carbonyl (C=O) groups excluding carboxylic acids is 1. The Kier molecular flexibility index (Phi) is 4.66. The van der Waals surface area contributed by atoms with Crippen LogP contribution in [0.25, 0.3) is 0 Å². The van der Waals surface area contributed by atoms with Crippen molar-refractivity contribution in [3.8, 4) is 0 Å². The van der Waals surface area contributed by atoms with Crippen molar-refractivity contribution in [2.45, 2.75) is 52.0 Å². The molecule has 1 saturated carbocycles. The summed E-state index contributed by atoms with van der Waals surface area (Å²) in [5.74, 6) is -0.876. The number of amides is 1. The molecular formula is C17H23NO3. The van der Waals surface area contributed by atoms with E-state index < -0.39 is 11.4 Å². The fourth-order valence-corrected chi connectivity index (χ4v) is 2.93. The van der Waals surface area contributed by atoms with Gasteiger partial charge in [0.15, 0.2) is 0 Å². The zero-order chi connectivity index (χ0) is 15.5. The van der Waals surface area contributed by atoms with Crippen molar-refractivity contribution < 1.29 is 14.7 Å². The second-order valence-electron chi connectivity index (χ2n) is 6.22. The molecule has 0 heterocycles. The molecule has 2 rings (SSSR count). The highest BCUT2D eigenvalue weighted by atomic mass is 16.4. The highest BCUT2D eigenvalue weighted by Gasteiger charge is 2.45. The number of nitrogens with one attached hydrogen (secondary N) is 1. The quantitative estimate of drug-likeness (QED) is 0.876. The Morgan fingerprint density at radius 1 is 1.33 bits per heavy atom. The van der Waals surface area contributed by atoms with E-state index in [2.05, 4.69) is 5.32 Å². The molecule has 1 aliphatic rings. The number of hydrogen-bond acceptors (Lipinski definition) is 2. The van der Waals surface area contributed by atoms with Crippen molar-refractivity contribution in [1.29, 1.82) is 0 Å². The van der Waals surface area contributed by atoms with Gasteiger partial charge in [0.25, 0.3) is 0 Å². The number of hydrogen-bond donors (Lipinski definition) is 2. The van der Waals surface area contributed by atoms with Crippen LogP contribution in [-0.4, -0.2) is 23.0 Å². The van der Waals surface area contributed by atoms with Crippen LogP contribution in [0.5, 0.6) is 0 Å². The van der Waals surface area contributed by atoms with E-state index >= 15 is 0 Å². The molecule has 0 aliphatic heterocycles. The molecule has 2 N–H and O–H groups in total. The fourth-order valence-electron chi connectivity index (χ4n) is 2.93. The van der Waals surface area contributed by atoms with Crippen LogP contribution < -0.4 is 5.32 Å². The Labute approximate surface area is 125 Å². The van der Waals surface area contributed by atoms with Gasteiger partial charge in [-0.2, -0.15) is 0 Å². The highest BCUT2D eigenvalue weighted by Crippen LogP contribution is 2.38. The number of aryl methyl sites for hydroxylation is 2. The number of carboxylic acid groups (broad SMARTS) is 1. The lowest BCUT2D eigenvalue weighted by atomic mass is 9.85. The highest BCUT2D eigenvalue weighted by molar-refractivity contribution is 5.80. The number of aliphatic carboxylic acids is 1. The van der Waals surface area contributed by atoms with Gasteiger partial charge in [0.05, 0.1) is 5.41 Å². The minimum atomic E-state index is -0.820. The Bertz CT molecular complexity index is 523. The zero-order valence-electron chi connectivity index (χ0n) is 12.7. The van der Waals surface area contributed by atoms with Gasteiger partial charge >= 0.3 is 5.97 Å². The minimum absolute atomic E-state index is 0.0602. The molecule has 0 saturated heterocycles. The third-order valence-corrected chi connectivity index (χ3v) is 4.54. The summed E-state index contributed by atoms with van der Waals surface area (Å²) in [6.45, 7) is 3.76. The van der Waals surface area contributed by atoms with Gasteiger partial charge in [-0.25, -0.2) is 0 Å². The standard InChI is InChI=1S/C17H23NO3/c1-12-5-7-13(8-6-12)9-10-15(19)18-14-4-3-11-17(14,2)16(20)21/h5-8,14H,3-4,9-11H2,1-2H3,(H,18,19)(H,20,21). The lowest BCUT2D eigenvalue weighted by molar-refractivity contribution is -0.149. The van der Waals surface area contributed by atoms with Crippen LogP contribution >= 0.6 is 0 Å². The van der Waals surface area contributed by atoms with Gasteiger partial charge in [0, 0.05) is 12.5 Å². The molecule has 21 heavy (non-hydrogen) atoms. The molecule has 4 nitrogen and oxygen atoms in total. The van der Waals surface area contributed by atoms with Gasteiger partial charge in [-0.3, -0.25) is 9.59 Å². The molecule has 1 fully saturated rings. The van der Waals surface area contributed by atoms with Crippen LogP contribution in [0.15, 0.2) is 24.3 Å². The normalized spacial score (nSPS) is 24.8. The van der Waals surface area contributed by atoms with Gasteiger partial charge in [-0.1, -0.05) is 36.2 Å². The molecule has 1 amide bonds. The number of benzene rings is 1. The SMILES string of the molecule is Cc1ccc(CCC(=O)NC2CCCC2(C)C(=O)O)cc1. The van der Waals surface area contributed by atoms with Gasteiger partial charge in [0.2, 0.25) is 5.91 Å². The number of carbonyl (C=O) groups is 2. The second-order valence-corrected chi connectivity index (χ2v) is 6.22. The van der Waals surface area contributed by atoms with Crippen LogP contribution in [0, 0.1) is 12.3 Å². The summed E-state index contributed by atoms with van der Waals surface area (Å²) in [5, 5.41) is 12.3. The van der Waals surface area contributed by atoms with E-state index in [1.165, 1.54) is 5.56 Å². The Balaban J connectivity index is 1.87. The first kappa shape index (κ1) is 15.5. The summed E-state index contributed by atoms with van der Waals surface area (Å²) in [5.41, 5.74) is 1.51. The second kappa shape index (κ2) is 6.29. The molecule has 1 aromatic carbocycles. The molecule has 1 aromatic rings. The van der Waals surface area contributed by atoms with Crippen LogP contribution in [0.4, 0.5) is 0 Å². The molecule has 4 heteroatoms. The summed E-state index contributed by atoms with van der Waals surface area (Å²) in [7, 11) is 0. The third kappa shape index (κ3) is 3.63. The predicted molar refractivity (Wildman–Crippen MR) is 81.0 cm³/mol. The largest absolute Gasteiger partial charge is 0.481 e. The number of carboxylic acids is 1. The van der Waals surface area contributed by atoms with Gasteiger partial charge < -0.3 is 10.4 Å². The molecule has 0 bridgehead atoms. The lowest BCUT2D eigenvalue weighted by Gasteiger charge is -2.27. The van der Waals surface area contributed by atoms with Crippen LogP contribution in [0.1, 0.15) is 43.7 Å². The van der Waals surface area contributed by atoms with Gasteiger partial charge in [-0.05, 0) is 38.7 Å². The van der Waals surface area contributed by atoms with Crippen LogP contribution in [-0.2, 0) is 16.0 Å². The fraction of sp³-hybridized carbons (Fsp3) is 0.529. The van der Waals surface area contributed by atoms with E-state index in [-0.39, 0.29) is 11.9 Å². The zero-order valence-corrected chi connectivity index (χ0v) is 12.7. The Morgan fingerprint density at radius 2 is 2.00 bits per heavy atom. The topological polar surface area (TPSA) is 66.4 Å². The molecule has 0 spiro atoms. The van der Waals surface area contributed by atoms with E-state index in [1.807, 2.05) is 31.2 Å². The van der Waals surface area contributed by atoms with Crippen LogP contribution in [0.2, 0.25) is 0 Å². The van der Waals surface area contributed by atoms with Gasteiger partial charge in [-0.15, -0.1) is 0 Å². The molecular weight excluding hydrogens is 266 g/mol. The molecule has 2 unspecified atom stereocenters. The van der Waals surface area contributed by atoms with Crippen molar-refractivity contribution in [3.63, 3.8) is 0 Å². The smallest absolute Gasteiger partial charge is 0.311 e. The Hall–Kier alpha value is -1.84. The van der Waals surface area contributed by atoms with Crippen molar-refractivity contribution >= 4 is 11.9 Å². The minimum Gasteiger partial charge on any atom is -0.481 e. The van der Waals surface area contributed by atoms with Gasteiger partial charge in [0.1, 0.15) is 0 Å². The Morgan fingerprint density at radius 3 is 2.62 bits per heavy atom. The van der Waals surface area contributed by atoms with E-state index in [1.54, 1.807) is 6.92 Å². The molecule has 0 aromatic heterocycles. The van der Waals surface area contributed by atoms with E-state index in [4.69, 9.17) is 0 Å². The first-order chi connectivity index (χ1) is 9.91. The van der Waals surface area contributed by atoms with E-state index in [0.717, 1.165) is 18.4 Å². The maximum atomic E-state index is 12.0. The first-order valence-electron chi connectivity index (χ1n) is 7.50. The van der Waals surface area contributed by atoms with Crippen molar-refractivity contribution in [2.75, 3.05) is 0 Å². The molecule has 114 valence electrons. The summed E-state index contributed by atoms with van der Waals surface area (Å²) in [4.78, 5) is 23.4. The monoisotopic (exact) mass is 289 g/mol. The van der Waals surface area contributed by atoms with E-state index in [9.17, 15) is 14.7 Å². The van der Waals surface area contributed by atoms with E-state index in [0.29, 0.717) is 19.3 Å². The summed E-state index contributed by atoms with van der Waals surface area (Å²) < 4.78 is 0. The average Bonchev–Trinajstić information content (AvgIpc) is 2.81. The molecule has 0 radical (unpaired) electrons. The lowest BCUT2D eigenvalue weighted by Crippen LogP contribution is -2.47. The average molecular weight is 289 g/mol. The maximum absolute atomic E-state index is 12.0. The maximum Gasteiger partial charge on any atom is 0.311 e. The molecule has 1 aliphatic carbocycles. The van der Waals surface area contributed by atoms with Crippen molar-refractivity contribution in [2.24, 2.45) is 5.41 Å². The number of rotatable bonds is 5. The predicted octanol–water partition coefficient (Wildman–Crippen LogP) is 2.69. The van der Waals surface area contributed by atoms with Crippen molar-refractivity contribution in [1.82, 2.24) is 5.32 Å². The summed E-state index contributed by atoms with van der Waals surface area (Å²) in [6, 6.07) is 7.87. The summed E-state index contributed by atoms with van der Waals surface area (Å²) in [6.07, 6.45) is 3.31. The first-order valence-corrected chi connectivity index (χ1v) is 7.50. The third-order valence-electron chi connectivity index (χ3n) is 4.54. The molecule has 2 atom stereocenters. The summed E-state index contributed by atoms with van der Waals surface area (Å²) >= 11 is 0. The van der Waals surface area contributed by atoms with Crippen molar-refractivity contribution in [3.05, 3.63) is 35.4 Å². The van der Waals surface area contributed by atoms with Crippen LogP contribution in [0.3, 0.4) is 0 Å².